The Morgan fingerprint density at radius 3 is 2.00 bits per heavy atom. The van der Waals surface area contributed by atoms with Crippen LogP contribution in [0.15, 0.2) is 30.3 Å². The molecule has 12 heavy (non-hydrogen) atoms. The van der Waals surface area contributed by atoms with Crippen LogP contribution in [0.2, 0.25) is 0 Å². The van der Waals surface area contributed by atoms with Crippen LogP contribution >= 0.6 is 7.80 Å². The van der Waals surface area contributed by atoms with Crippen molar-refractivity contribution in [3.63, 3.8) is 0 Å². The molecule has 0 aliphatic heterocycles. The van der Waals surface area contributed by atoms with Crippen molar-refractivity contribution in [1.29, 1.82) is 0 Å². The quantitative estimate of drug-likeness (QED) is 0.454. The predicted molar refractivity (Wildman–Crippen MR) is 64.1 cm³/mol. The maximum atomic E-state index is 2.43. The summed E-state index contributed by atoms with van der Waals surface area (Å²) in [5, 5.41) is 2.08. The molecule has 0 radical (unpaired) electrons. The molecule has 0 aliphatic rings. The van der Waals surface area contributed by atoms with Gasteiger partial charge in [0, 0.05) is 0 Å². The average Bonchev–Trinajstić information content (AvgIpc) is 2.03. The molecule has 0 nitrogen and oxygen atoms in total. The summed E-state index contributed by atoms with van der Waals surface area (Å²) in [6.45, 7) is 7.03. The van der Waals surface area contributed by atoms with Crippen LogP contribution in [0, 0.1) is 0 Å². The Bertz CT molecular complexity index is 238. The summed E-state index contributed by atoms with van der Waals surface area (Å²) in [5.74, 6) is 0. The summed E-state index contributed by atoms with van der Waals surface area (Å²) in [5.41, 5.74) is 0. The van der Waals surface area contributed by atoms with E-state index in [0.717, 1.165) is 0 Å². The molecule has 0 aliphatic carbocycles. The molecule has 66 valence electrons. The van der Waals surface area contributed by atoms with Crippen LogP contribution in [0.4, 0.5) is 0 Å². The van der Waals surface area contributed by atoms with E-state index in [2.05, 4.69) is 58.7 Å². The van der Waals surface area contributed by atoms with Crippen molar-refractivity contribution in [2.75, 3.05) is 0 Å². The zero-order chi connectivity index (χ0) is 9.19. The fraction of sp³-hybridized carbons (Fsp3) is 0.400. The normalized spacial score (nSPS) is 12.8. The van der Waals surface area contributed by atoms with Crippen molar-refractivity contribution in [3.05, 3.63) is 30.3 Å². The molecule has 0 saturated heterocycles. The SMILES string of the molecule is B[PH2](c1ccccc1)C(C)(C)C. The van der Waals surface area contributed by atoms with Gasteiger partial charge in [-0.05, 0) is 0 Å². The minimum atomic E-state index is -0.749. The topological polar surface area (TPSA) is 0 Å². The standard InChI is InChI=1S/C10H18BP/c1-10(2,3)12(11)9-7-5-4-6-8-9/h4-8H,11-12H2,1-3H3. The first-order chi connectivity index (χ1) is 5.52. The van der Waals surface area contributed by atoms with E-state index in [1.165, 1.54) is 0 Å². The first-order valence-corrected chi connectivity index (χ1v) is 6.87. The molecule has 1 aromatic rings. The summed E-state index contributed by atoms with van der Waals surface area (Å²) in [6, 6.07) is 10.9. The van der Waals surface area contributed by atoms with Gasteiger partial charge in [-0.1, -0.05) is 0 Å². The van der Waals surface area contributed by atoms with Crippen LogP contribution < -0.4 is 5.30 Å². The Balaban J connectivity index is 2.86. The second-order valence-electron chi connectivity index (χ2n) is 4.50. The number of benzene rings is 1. The number of hydrogen-bond donors (Lipinski definition) is 0. The van der Waals surface area contributed by atoms with E-state index in [4.69, 9.17) is 0 Å². The molecule has 1 rings (SSSR count). The Kier molecular flexibility index (Phi) is 2.96. The van der Waals surface area contributed by atoms with Gasteiger partial charge in [0.05, 0.1) is 0 Å². The van der Waals surface area contributed by atoms with Gasteiger partial charge >= 0.3 is 76.9 Å². The van der Waals surface area contributed by atoms with Gasteiger partial charge in [-0.15, -0.1) is 0 Å². The number of hydrogen-bond acceptors (Lipinski definition) is 0. The molecule has 0 unspecified atom stereocenters. The summed E-state index contributed by atoms with van der Waals surface area (Å²) < 4.78 is 0. The Hall–Kier alpha value is -0.285. The van der Waals surface area contributed by atoms with Crippen molar-refractivity contribution in [2.24, 2.45) is 0 Å². The molecule has 0 saturated carbocycles. The van der Waals surface area contributed by atoms with Crippen LogP contribution in [0.1, 0.15) is 20.8 Å². The minimum absolute atomic E-state index is 0.501. The fourth-order valence-electron chi connectivity index (χ4n) is 1.24. The molecular weight excluding hydrogens is 162 g/mol. The van der Waals surface area contributed by atoms with E-state index in [1.807, 2.05) is 0 Å². The van der Waals surface area contributed by atoms with Gasteiger partial charge in [0.2, 0.25) is 0 Å². The van der Waals surface area contributed by atoms with Crippen molar-refractivity contribution in [2.45, 2.75) is 25.9 Å². The molecule has 0 N–H and O–H groups in total. The third kappa shape index (κ3) is 2.35. The van der Waals surface area contributed by atoms with E-state index in [-0.39, 0.29) is 0 Å². The zero-order valence-electron chi connectivity index (χ0n) is 8.46. The number of rotatable bonds is 1. The predicted octanol–water partition coefficient (Wildman–Crippen LogP) is 1.60. The van der Waals surface area contributed by atoms with Gasteiger partial charge < -0.3 is 0 Å². The van der Waals surface area contributed by atoms with Gasteiger partial charge in [0.1, 0.15) is 0 Å². The van der Waals surface area contributed by atoms with Gasteiger partial charge in [-0.3, -0.25) is 0 Å². The monoisotopic (exact) mass is 180 g/mol. The van der Waals surface area contributed by atoms with E-state index < -0.39 is 7.80 Å². The van der Waals surface area contributed by atoms with Crippen LogP contribution in [-0.4, -0.2) is 12.7 Å². The van der Waals surface area contributed by atoms with E-state index >= 15 is 0 Å². The van der Waals surface area contributed by atoms with Crippen molar-refractivity contribution in [3.8, 4) is 0 Å². The van der Waals surface area contributed by atoms with Gasteiger partial charge in [-0.25, -0.2) is 0 Å². The second-order valence-corrected chi connectivity index (χ2v) is 8.34. The van der Waals surface area contributed by atoms with Crippen LogP contribution in [0.3, 0.4) is 0 Å². The molecule has 0 heterocycles. The third-order valence-corrected chi connectivity index (χ3v) is 6.58. The molecule has 0 atom stereocenters. The van der Waals surface area contributed by atoms with Crippen LogP contribution in [0.5, 0.6) is 0 Å². The Morgan fingerprint density at radius 2 is 1.58 bits per heavy atom. The van der Waals surface area contributed by atoms with E-state index in [1.54, 1.807) is 5.30 Å². The molecular formula is C10H18BP. The second kappa shape index (κ2) is 3.62. The van der Waals surface area contributed by atoms with E-state index in [9.17, 15) is 0 Å². The molecule has 1 aromatic carbocycles. The molecule has 0 aromatic heterocycles. The maximum absolute atomic E-state index is 2.43. The Labute approximate surface area is 77.5 Å². The van der Waals surface area contributed by atoms with Gasteiger partial charge in [0.25, 0.3) is 0 Å². The Morgan fingerprint density at radius 1 is 1.08 bits per heavy atom. The van der Waals surface area contributed by atoms with Crippen LogP contribution in [0.25, 0.3) is 0 Å². The molecule has 2 heteroatoms. The summed E-state index contributed by atoms with van der Waals surface area (Å²) in [4.78, 5) is 0. The van der Waals surface area contributed by atoms with E-state index in [0.29, 0.717) is 5.16 Å². The molecule has 0 fully saturated rings. The first kappa shape index (κ1) is 9.80. The van der Waals surface area contributed by atoms with Crippen molar-refractivity contribution >= 4 is 20.7 Å². The molecule has 0 bridgehead atoms. The fourth-order valence-corrected chi connectivity index (χ4v) is 3.04. The average molecular weight is 180 g/mol. The van der Waals surface area contributed by atoms with Crippen molar-refractivity contribution in [1.82, 2.24) is 0 Å². The summed E-state index contributed by atoms with van der Waals surface area (Å²) in [7, 11) is 1.68. The van der Waals surface area contributed by atoms with Crippen molar-refractivity contribution < 1.29 is 0 Å². The summed E-state index contributed by atoms with van der Waals surface area (Å²) in [6.07, 6.45) is 0. The first-order valence-electron chi connectivity index (χ1n) is 4.57. The third-order valence-electron chi connectivity index (χ3n) is 2.60. The van der Waals surface area contributed by atoms with Gasteiger partial charge in [0.15, 0.2) is 0 Å². The molecule has 0 spiro atoms. The zero-order valence-corrected chi connectivity index (χ0v) is 9.62. The molecule has 0 amide bonds. The van der Waals surface area contributed by atoms with Gasteiger partial charge in [-0.2, -0.15) is 0 Å². The summed E-state index contributed by atoms with van der Waals surface area (Å²) >= 11 is 0. The van der Waals surface area contributed by atoms with Crippen LogP contribution in [-0.2, 0) is 0 Å².